The number of thioether (sulfide) groups is 1. The molecule has 1 aliphatic rings. The number of carbonyl (C=O) groups excluding carboxylic acids is 1. The van der Waals surface area contributed by atoms with Gasteiger partial charge in [0.15, 0.2) is 0 Å². The van der Waals surface area contributed by atoms with E-state index in [-0.39, 0.29) is 12.1 Å². The molecule has 21 heavy (non-hydrogen) atoms. The summed E-state index contributed by atoms with van der Waals surface area (Å²) < 4.78 is 0. The van der Waals surface area contributed by atoms with Crippen molar-refractivity contribution in [3.8, 4) is 0 Å². The normalized spacial score (nSPS) is 23.4. The fourth-order valence-corrected chi connectivity index (χ4v) is 3.51. The molecule has 0 aliphatic heterocycles. The summed E-state index contributed by atoms with van der Waals surface area (Å²) in [6.07, 6.45) is 6.19. The van der Waals surface area contributed by atoms with Gasteiger partial charge in [-0.3, -0.25) is 0 Å². The lowest BCUT2D eigenvalue weighted by Gasteiger charge is -2.28. The Morgan fingerprint density at radius 2 is 2.05 bits per heavy atom. The zero-order chi connectivity index (χ0) is 15.2. The highest BCUT2D eigenvalue weighted by Gasteiger charge is 2.22. The molecule has 1 aromatic rings. The van der Waals surface area contributed by atoms with Gasteiger partial charge in [-0.1, -0.05) is 18.6 Å². The highest BCUT2D eigenvalue weighted by molar-refractivity contribution is 7.99. The maximum absolute atomic E-state index is 12.0. The molecule has 1 fully saturated rings. The van der Waals surface area contributed by atoms with Crippen molar-refractivity contribution in [3.05, 3.63) is 29.8 Å². The topological polar surface area (TPSA) is 61.4 Å². The van der Waals surface area contributed by atoms with Crippen molar-refractivity contribution in [1.82, 2.24) is 5.32 Å². The third-order valence-corrected chi connectivity index (χ3v) is 5.04. The lowest BCUT2D eigenvalue weighted by Crippen LogP contribution is -2.41. The number of urea groups is 1. The first-order valence-corrected chi connectivity index (χ1v) is 8.75. The van der Waals surface area contributed by atoms with Crippen molar-refractivity contribution in [1.29, 1.82) is 0 Å². The number of nitrogens with one attached hydrogen (secondary N) is 2. The Labute approximate surface area is 130 Å². The molecule has 3 N–H and O–H groups in total. The molecular formula is C16H24N2O2S. The van der Waals surface area contributed by atoms with Crippen molar-refractivity contribution >= 4 is 23.5 Å². The first kappa shape index (κ1) is 16.2. The van der Waals surface area contributed by atoms with E-state index in [9.17, 15) is 9.90 Å². The second-order valence-corrected chi connectivity index (χ2v) is 6.76. The molecule has 0 spiro atoms. The molecule has 1 aromatic carbocycles. The Bertz CT molecular complexity index is 462. The molecule has 0 radical (unpaired) electrons. The van der Waals surface area contributed by atoms with Crippen LogP contribution in [-0.2, 0) is 0 Å². The predicted molar refractivity (Wildman–Crippen MR) is 88.8 cm³/mol. The highest BCUT2D eigenvalue weighted by Crippen LogP contribution is 2.27. The number of aliphatic hydroxyl groups is 1. The summed E-state index contributed by atoms with van der Waals surface area (Å²) in [6.45, 7) is 1.72. The van der Waals surface area contributed by atoms with Gasteiger partial charge in [0, 0.05) is 17.0 Å². The van der Waals surface area contributed by atoms with E-state index in [0.29, 0.717) is 5.25 Å². The molecule has 5 heteroatoms. The van der Waals surface area contributed by atoms with Crippen LogP contribution in [0.15, 0.2) is 24.3 Å². The summed E-state index contributed by atoms with van der Waals surface area (Å²) in [6, 6.07) is 7.40. The zero-order valence-corrected chi connectivity index (χ0v) is 13.5. The maximum Gasteiger partial charge on any atom is 0.319 e. The van der Waals surface area contributed by atoms with Gasteiger partial charge in [0.25, 0.3) is 0 Å². The van der Waals surface area contributed by atoms with E-state index in [2.05, 4.69) is 16.9 Å². The van der Waals surface area contributed by atoms with Crippen LogP contribution >= 0.6 is 11.8 Å². The molecule has 116 valence electrons. The Morgan fingerprint density at radius 3 is 2.67 bits per heavy atom. The maximum atomic E-state index is 12.0. The number of hydrogen-bond donors (Lipinski definition) is 3. The molecule has 0 heterocycles. The highest BCUT2D eigenvalue weighted by atomic mass is 32.2. The van der Waals surface area contributed by atoms with E-state index in [1.807, 2.05) is 36.0 Å². The summed E-state index contributed by atoms with van der Waals surface area (Å²) in [5.74, 6) is 0. The lowest BCUT2D eigenvalue weighted by molar-refractivity contribution is 0.199. The molecule has 1 aliphatic carbocycles. The molecule has 3 atom stereocenters. The first-order valence-electron chi connectivity index (χ1n) is 7.47. The van der Waals surface area contributed by atoms with Crippen molar-refractivity contribution in [2.45, 2.75) is 50.0 Å². The quantitative estimate of drug-likeness (QED) is 0.797. The van der Waals surface area contributed by atoms with Crippen molar-refractivity contribution in [2.75, 3.05) is 11.6 Å². The number of rotatable bonds is 4. The van der Waals surface area contributed by atoms with Crippen LogP contribution in [0.5, 0.6) is 0 Å². The molecule has 1 saturated carbocycles. The molecule has 2 amide bonds. The minimum atomic E-state index is -0.487. The molecule has 3 unspecified atom stereocenters. The number of anilines is 1. The molecular weight excluding hydrogens is 284 g/mol. The fourth-order valence-electron chi connectivity index (χ4n) is 2.69. The second kappa shape index (κ2) is 7.71. The Hall–Kier alpha value is -1.20. The largest absolute Gasteiger partial charge is 0.389 e. The Balaban J connectivity index is 1.83. The first-order chi connectivity index (χ1) is 10.1. The average Bonchev–Trinajstić information content (AvgIpc) is 2.47. The van der Waals surface area contributed by atoms with Crippen LogP contribution in [0.25, 0.3) is 0 Å². The van der Waals surface area contributed by atoms with Crippen molar-refractivity contribution in [3.63, 3.8) is 0 Å². The SMILES string of the molecule is CSC1CCCC(NC(=O)Nc2ccc(C(C)O)cc2)C1. The van der Waals surface area contributed by atoms with Crippen LogP contribution in [0, 0.1) is 0 Å². The third kappa shape index (κ3) is 4.93. The standard InChI is InChI=1S/C16H24N2O2S/c1-11(19)12-6-8-13(9-7-12)17-16(20)18-14-4-3-5-15(10-14)21-2/h6-9,11,14-15,19H,3-5,10H2,1-2H3,(H2,17,18,20). The van der Waals surface area contributed by atoms with Crippen LogP contribution in [0.4, 0.5) is 10.5 Å². The zero-order valence-electron chi connectivity index (χ0n) is 12.6. The van der Waals surface area contributed by atoms with Gasteiger partial charge in [0.05, 0.1) is 6.10 Å². The number of benzene rings is 1. The van der Waals surface area contributed by atoms with Gasteiger partial charge < -0.3 is 15.7 Å². The predicted octanol–water partition coefficient (Wildman–Crippen LogP) is 3.54. The molecule has 0 aromatic heterocycles. The van der Waals surface area contributed by atoms with Crippen molar-refractivity contribution < 1.29 is 9.90 Å². The fraction of sp³-hybridized carbons (Fsp3) is 0.562. The van der Waals surface area contributed by atoms with E-state index in [1.165, 1.54) is 12.8 Å². The molecule has 2 rings (SSSR count). The number of aliphatic hydroxyl groups excluding tert-OH is 1. The minimum Gasteiger partial charge on any atom is -0.389 e. The van der Waals surface area contributed by atoms with E-state index in [4.69, 9.17) is 0 Å². The number of hydrogen-bond acceptors (Lipinski definition) is 3. The summed E-state index contributed by atoms with van der Waals surface area (Å²) in [4.78, 5) is 12.0. The third-order valence-electron chi connectivity index (χ3n) is 3.95. The Kier molecular flexibility index (Phi) is 5.94. The van der Waals surface area contributed by atoms with E-state index in [1.54, 1.807) is 6.92 Å². The summed E-state index contributed by atoms with van der Waals surface area (Å²) in [5.41, 5.74) is 1.59. The van der Waals surface area contributed by atoms with Gasteiger partial charge in [-0.15, -0.1) is 0 Å². The van der Waals surface area contributed by atoms with E-state index in [0.717, 1.165) is 24.1 Å². The monoisotopic (exact) mass is 308 g/mol. The van der Waals surface area contributed by atoms with Crippen LogP contribution in [0.3, 0.4) is 0 Å². The van der Waals surface area contributed by atoms with Gasteiger partial charge in [0.2, 0.25) is 0 Å². The van der Waals surface area contributed by atoms with E-state index < -0.39 is 6.10 Å². The molecule has 0 saturated heterocycles. The van der Waals surface area contributed by atoms with Gasteiger partial charge in [-0.25, -0.2) is 4.79 Å². The van der Waals surface area contributed by atoms with Crippen LogP contribution in [0.2, 0.25) is 0 Å². The average molecular weight is 308 g/mol. The molecule has 4 nitrogen and oxygen atoms in total. The smallest absolute Gasteiger partial charge is 0.319 e. The molecule has 0 bridgehead atoms. The minimum absolute atomic E-state index is 0.147. The van der Waals surface area contributed by atoms with Gasteiger partial charge >= 0.3 is 6.03 Å². The Morgan fingerprint density at radius 1 is 1.33 bits per heavy atom. The van der Waals surface area contributed by atoms with E-state index >= 15 is 0 Å². The van der Waals surface area contributed by atoms with Gasteiger partial charge in [-0.2, -0.15) is 11.8 Å². The number of carbonyl (C=O) groups is 1. The van der Waals surface area contributed by atoms with Crippen LogP contribution in [0.1, 0.15) is 44.3 Å². The summed E-state index contributed by atoms with van der Waals surface area (Å²) in [7, 11) is 0. The summed E-state index contributed by atoms with van der Waals surface area (Å²) >= 11 is 1.89. The van der Waals surface area contributed by atoms with Crippen molar-refractivity contribution in [2.24, 2.45) is 0 Å². The second-order valence-electron chi connectivity index (χ2n) is 5.62. The lowest BCUT2D eigenvalue weighted by atomic mass is 9.95. The van der Waals surface area contributed by atoms with Crippen LogP contribution in [-0.4, -0.2) is 28.7 Å². The van der Waals surface area contributed by atoms with Crippen LogP contribution < -0.4 is 10.6 Å². The van der Waals surface area contributed by atoms with Gasteiger partial charge in [0.1, 0.15) is 0 Å². The summed E-state index contributed by atoms with van der Waals surface area (Å²) in [5, 5.41) is 16.0. The van der Waals surface area contributed by atoms with Gasteiger partial charge in [-0.05, 0) is 50.1 Å². The number of amides is 2.